The maximum atomic E-state index is 3.42. The molecule has 0 amide bonds. The summed E-state index contributed by atoms with van der Waals surface area (Å²) < 4.78 is 0. The Hall–Kier alpha value is -0.820. The second kappa shape index (κ2) is 4.81. The summed E-state index contributed by atoms with van der Waals surface area (Å²) in [5.74, 6) is 0. The smallest absolute Gasteiger partial charge is 0.00829 e. The average molecular weight is 231 g/mol. The Morgan fingerprint density at radius 1 is 1.06 bits per heavy atom. The van der Waals surface area contributed by atoms with Gasteiger partial charge in [0.1, 0.15) is 0 Å². The largest absolute Gasteiger partial charge is 0.319 e. The van der Waals surface area contributed by atoms with Crippen molar-refractivity contribution in [1.82, 2.24) is 5.32 Å². The van der Waals surface area contributed by atoms with Crippen LogP contribution in [0.5, 0.6) is 0 Å². The van der Waals surface area contributed by atoms with Gasteiger partial charge in [0.05, 0.1) is 0 Å². The van der Waals surface area contributed by atoms with Crippen molar-refractivity contribution in [3.05, 3.63) is 34.4 Å². The number of aryl methyl sites for hydroxylation is 3. The lowest BCUT2D eigenvalue weighted by Crippen LogP contribution is -2.35. The van der Waals surface area contributed by atoms with Crippen molar-refractivity contribution in [1.29, 1.82) is 0 Å². The molecular formula is C16H25N. The Bertz CT molecular complexity index is 377. The van der Waals surface area contributed by atoms with Gasteiger partial charge in [0, 0.05) is 12.0 Å². The average Bonchev–Trinajstić information content (AvgIpc) is 2.66. The Balaban J connectivity index is 2.50. The predicted molar refractivity (Wildman–Crippen MR) is 74.7 cm³/mol. The molecule has 0 saturated heterocycles. The number of hydrogen-bond donors (Lipinski definition) is 1. The molecule has 0 aliphatic heterocycles. The van der Waals surface area contributed by atoms with Gasteiger partial charge in [-0.15, -0.1) is 0 Å². The first-order valence-corrected chi connectivity index (χ1v) is 6.82. The second-order valence-electron chi connectivity index (χ2n) is 5.79. The Morgan fingerprint density at radius 2 is 1.59 bits per heavy atom. The molecule has 1 aromatic rings. The molecule has 2 rings (SSSR count). The van der Waals surface area contributed by atoms with Gasteiger partial charge in [0.15, 0.2) is 0 Å². The molecule has 1 N–H and O–H groups in total. The van der Waals surface area contributed by atoms with E-state index in [4.69, 9.17) is 0 Å². The molecular weight excluding hydrogens is 206 g/mol. The molecule has 0 aromatic heterocycles. The van der Waals surface area contributed by atoms with Crippen LogP contribution in [-0.4, -0.2) is 13.6 Å². The van der Waals surface area contributed by atoms with E-state index in [0.29, 0.717) is 5.41 Å². The molecule has 0 spiro atoms. The van der Waals surface area contributed by atoms with Crippen LogP contribution in [0.25, 0.3) is 0 Å². The topological polar surface area (TPSA) is 12.0 Å². The van der Waals surface area contributed by atoms with Crippen molar-refractivity contribution in [2.45, 2.75) is 51.9 Å². The second-order valence-corrected chi connectivity index (χ2v) is 5.79. The lowest BCUT2D eigenvalue weighted by atomic mass is 9.74. The standard InChI is InChI=1S/C16H25N/c1-12-9-13(2)15(14(3)10-12)16(11-17-4)7-5-6-8-16/h9-10,17H,5-8,11H2,1-4H3. The first-order chi connectivity index (χ1) is 8.09. The third-order valence-electron chi connectivity index (χ3n) is 4.28. The zero-order valence-corrected chi connectivity index (χ0v) is 11.7. The molecule has 1 fully saturated rings. The minimum absolute atomic E-state index is 0.399. The fraction of sp³-hybridized carbons (Fsp3) is 0.625. The number of hydrogen-bond acceptors (Lipinski definition) is 1. The minimum Gasteiger partial charge on any atom is -0.319 e. The van der Waals surface area contributed by atoms with Crippen molar-refractivity contribution in [2.75, 3.05) is 13.6 Å². The zero-order chi connectivity index (χ0) is 12.5. The molecule has 94 valence electrons. The highest BCUT2D eigenvalue weighted by atomic mass is 14.8. The maximum absolute atomic E-state index is 3.42. The quantitative estimate of drug-likeness (QED) is 0.837. The van der Waals surface area contributed by atoms with Crippen molar-refractivity contribution in [3.8, 4) is 0 Å². The van der Waals surface area contributed by atoms with Crippen LogP contribution in [0.15, 0.2) is 12.1 Å². The summed E-state index contributed by atoms with van der Waals surface area (Å²) in [4.78, 5) is 0. The van der Waals surface area contributed by atoms with Crippen LogP contribution in [0.3, 0.4) is 0 Å². The summed E-state index contributed by atoms with van der Waals surface area (Å²) in [5.41, 5.74) is 6.38. The molecule has 1 aliphatic carbocycles. The fourth-order valence-electron chi connectivity index (χ4n) is 3.92. The van der Waals surface area contributed by atoms with Crippen LogP contribution in [-0.2, 0) is 5.41 Å². The molecule has 0 radical (unpaired) electrons. The summed E-state index contributed by atoms with van der Waals surface area (Å²) in [6, 6.07) is 4.69. The van der Waals surface area contributed by atoms with Gasteiger partial charge in [-0.1, -0.05) is 30.5 Å². The summed E-state index contributed by atoms with van der Waals surface area (Å²) in [5, 5.41) is 3.42. The monoisotopic (exact) mass is 231 g/mol. The van der Waals surface area contributed by atoms with E-state index in [2.05, 4.69) is 45.3 Å². The number of likely N-dealkylation sites (N-methyl/N-ethyl adjacent to an activating group) is 1. The zero-order valence-electron chi connectivity index (χ0n) is 11.7. The molecule has 0 unspecified atom stereocenters. The van der Waals surface area contributed by atoms with Gasteiger partial charge in [-0.05, 0) is 57.4 Å². The van der Waals surface area contributed by atoms with Crippen molar-refractivity contribution in [2.24, 2.45) is 0 Å². The van der Waals surface area contributed by atoms with Crippen molar-refractivity contribution >= 4 is 0 Å². The third kappa shape index (κ3) is 2.26. The summed E-state index contributed by atoms with van der Waals surface area (Å²) in [6.45, 7) is 7.89. The van der Waals surface area contributed by atoms with Gasteiger partial charge < -0.3 is 5.32 Å². The van der Waals surface area contributed by atoms with E-state index in [1.165, 1.54) is 42.4 Å². The van der Waals surface area contributed by atoms with Gasteiger partial charge in [-0.25, -0.2) is 0 Å². The Labute approximate surface area is 106 Å². The maximum Gasteiger partial charge on any atom is 0.00829 e. The molecule has 17 heavy (non-hydrogen) atoms. The van der Waals surface area contributed by atoms with E-state index >= 15 is 0 Å². The number of benzene rings is 1. The van der Waals surface area contributed by atoms with Gasteiger partial charge in [-0.2, -0.15) is 0 Å². The lowest BCUT2D eigenvalue weighted by molar-refractivity contribution is 0.416. The van der Waals surface area contributed by atoms with Crippen LogP contribution in [0.2, 0.25) is 0 Å². The SMILES string of the molecule is CNCC1(c2c(C)cc(C)cc2C)CCCC1. The van der Waals surface area contributed by atoms with Gasteiger partial charge in [0.25, 0.3) is 0 Å². The molecule has 0 atom stereocenters. The molecule has 1 aliphatic rings. The van der Waals surface area contributed by atoms with E-state index in [9.17, 15) is 0 Å². The first kappa shape index (κ1) is 12.6. The highest BCUT2D eigenvalue weighted by Gasteiger charge is 2.36. The highest BCUT2D eigenvalue weighted by Crippen LogP contribution is 2.43. The predicted octanol–water partition coefficient (Wildman–Crippen LogP) is 3.64. The van der Waals surface area contributed by atoms with Gasteiger partial charge >= 0.3 is 0 Å². The number of rotatable bonds is 3. The summed E-state index contributed by atoms with van der Waals surface area (Å²) in [6.07, 6.45) is 5.46. The third-order valence-corrected chi connectivity index (χ3v) is 4.28. The Kier molecular flexibility index (Phi) is 3.58. The van der Waals surface area contributed by atoms with Crippen molar-refractivity contribution < 1.29 is 0 Å². The van der Waals surface area contributed by atoms with E-state index in [0.717, 1.165) is 6.54 Å². The van der Waals surface area contributed by atoms with E-state index in [1.807, 2.05) is 0 Å². The molecule has 1 heteroatoms. The fourth-order valence-corrected chi connectivity index (χ4v) is 3.92. The highest BCUT2D eigenvalue weighted by molar-refractivity contribution is 5.43. The lowest BCUT2D eigenvalue weighted by Gasteiger charge is -2.33. The van der Waals surface area contributed by atoms with E-state index < -0.39 is 0 Å². The first-order valence-electron chi connectivity index (χ1n) is 6.82. The Morgan fingerprint density at radius 3 is 2.06 bits per heavy atom. The molecule has 1 aromatic carbocycles. The summed E-state index contributed by atoms with van der Waals surface area (Å²) in [7, 11) is 2.08. The van der Waals surface area contributed by atoms with Crippen LogP contribution in [0.1, 0.15) is 47.9 Å². The molecule has 0 bridgehead atoms. The van der Waals surface area contributed by atoms with E-state index in [1.54, 1.807) is 5.56 Å². The van der Waals surface area contributed by atoms with Crippen LogP contribution < -0.4 is 5.32 Å². The van der Waals surface area contributed by atoms with Crippen LogP contribution in [0.4, 0.5) is 0 Å². The summed E-state index contributed by atoms with van der Waals surface area (Å²) >= 11 is 0. The van der Waals surface area contributed by atoms with E-state index in [-0.39, 0.29) is 0 Å². The van der Waals surface area contributed by atoms with Crippen LogP contribution >= 0.6 is 0 Å². The molecule has 1 nitrogen and oxygen atoms in total. The van der Waals surface area contributed by atoms with Gasteiger partial charge in [0.2, 0.25) is 0 Å². The molecule has 1 saturated carbocycles. The van der Waals surface area contributed by atoms with Crippen LogP contribution in [0, 0.1) is 20.8 Å². The van der Waals surface area contributed by atoms with Gasteiger partial charge in [-0.3, -0.25) is 0 Å². The van der Waals surface area contributed by atoms with Crippen molar-refractivity contribution in [3.63, 3.8) is 0 Å². The normalized spacial score (nSPS) is 18.6. The number of nitrogens with one attached hydrogen (secondary N) is 1. The molecule has 0 heterocycles. The minimum atomic E-state index is 0.399.